The highest BCUT2D eigenvalue weighted by Gasteiger charge is 2.42. The largest absolute Gasteiger partial charge is 0.493 e. The van der Waals surface area contributed by atoms with Crippen LogP contribution in [0.1, 0.15) is 24.8 Å². The third kappa shape index (κ3) is 3.50. The number of nitrogens with zero attached hydrogens (tertiary/aromatic N) is 2. The summed E-state index contributed by atoms with van der Waals surface area (Å²) in [7, 11) is 5.84. The van der Waals surface area contributed by atoms with Gasteiger partial charge in [0.2, 0.25) is 0 Å². The highest BCUT2D eigenvalue weighted by molar-refractivity contribution is 5.43. The van der Waals surface area contributed by atoms with E-state index >= 15 is 0 Å². The molecule has 2 aliphatic rings. The molecule has 1 saturated carbocycles. The predicted molar refractivity (Wildman–Crippen MR) is 84.0 cm³/mol. The van der Waals surface area contributed by atoms with Crippen LogP contribution in [0.3, 0.4) is 0 Å². The number of methoxy groups -OCH3 is 1. The Kier molecular flexibility index (Phi) is 4.36. The van der Waals surface area contributed by atoms with E-state index in [9.17, 15) is 0 Å². The van der Waals surface area contributed by atoms with Crippen LogP contribution in [-0.4, -0.2) is 56.2 Å². The third-order valence-corrected chi connectivity index (χ3v) is 4.46. The first-order chi connectivity index (χ1) is 10.2. The maximum Gasteiger partial charge on any atom is 0.161 e. The molecular weight excluding hydrogens is 264 g/mol. The lowest BCUT2D eigenvalue weighted by atomic mass is 9.93. The molecule has 0 radical (unpaired) electrons. The summed E-state index contributed by atoms with van der Waals surface area (Å²) in [6, 6.07) is 7.68. The van der Waals surface area contributed by atoms with Gasteiger partial charge in [-0.2, -0.15) is 0 Å². The van der Waals surface area contributed by atoms with Crippen LogP contribution in [-0.2, 0) is 6.54 Å². The van der Waals surface area contributed by atoms with E-state index in [1.165, 1.54) is 31.4 Å². The predicted octanol–water partition coefficient (Wildman–Crippen LogP) is 2.37. The van der Waals surface area contributed by atoms with Gasteiger partial charge in [0.05, 0.1) is 13.2 Å². The van der Waals surface area contributed by atoms with E-state index in [-0.39, 0.29) is 0 Å². The zero-order chi connectivity index (χ0) is 14.8. The van der Waals surface area contributed by atoms with Crippen molar-refractivity contribution >= 4 is 0 Å². The minimum Gasteiger partial charge on any atom is -0.493 e. The second-order valence-corrected chi connectivity index (χ2v) is 6.47. The van der Waals surface area contributed by atoms with E-state index in [0.29, 0.717) is 6.04 Å². The van der Waals surface area contributed by atoms with E-state index in [0.717, 1.165) is 30.7 Å². The molecule has 1 aliphatic heterocycles. The van der Waals surface area contributed by atoms with E-state index in [4.69, 9.17) is 9.47 Å². The van der Waals surface area contributed by atoms with Crippen LogP contribution in [0.15, 0.2) is 18.2 Å². The summed E-state index contributed by atoms with van der Waals surface area (Å²) < 4.78 is 11.5. The Balaban J connectivity index is 1.55. The van der Waals surface area contributed by atoms with Gasteiger partial charge in [0.25, 0.3) is 0 Å². The minimum atomic E-state index is 0.612. The fourth-order valence-corrected chi connectivity index (χ4v) is 2.99. The Morgan fingerprint density at radius 2 is 2.05 bits per heavy atom. The molecule has 0 amide bonds. The molecule has 0 N–H and O–H groups in total. The molecule has 116 valence electrons. The summed E-state index contributed by atoms with van der Waals surface area (Å²) >= 11 is 0. The van der Waals surface area contributed by atoms with Crippen LogP contribution in [0.25, 0.3) is 0 Å². The highest BCUT2D eigenvalue weighted by atomic mass is 16.5. The van der Waals surface area contributed by atoms with Crippen molar-refractivity contribution in [2.75, 3.05) is 34.4 Å². The zero-order valence-corrected chi connectivity index (χ0v) is 13.3. The number of ether oxygens (including phenoxy) is 2. The normalized spacial score (nSPS) is 24.8. The molecule has 1 aromatic carbocycles. The molecule has 1 heterocycles. The van der Waals surface area contributed by atoms with Crippen molar-refractivity contribution in [3.8, 4) is 11.5 Å². The maximum atomic E-state index is 5.98. The van der Waals surface area contributed by atoms with Crippen LogP contribution in [0.4, 0.5) is 0 Å². The van der Waals surface area contributed by atoms with Gasteiger partial charge in [-0.1, -0.05) is 12.5 Å². The van der Waals surface area contributed by atoms with Crippen molar-refractivity contribution < 1.29 is 9.47 Å². The van der Waals surface area contributed by atoms with Gasteiger partial charge in [0, 0.05) is 19.1 Å². The molecular formula is C17H26N2O2. The number of rotatable bonds is 7. The van der Waals surface area contributed by atoms with Crippen LogP contribution in [0, 0.1) is 0 Å². The summed E-state index contributed by atoms with van der Waals surface area (Å²) in [6.45, 7) is 2.89. The standard InChI is InChI=1S/C17H26N2O2/c1-18(2)10-13-7-8-16(17(9-13)20-3)21-12-15-11-19(15)14-5-4-6-14/h7-9,14-15H,4-6,10-12H2,1-3H3. The Morgan fingerprint density at radius 1 is 1.24 bits per heavy atom. The van der Waals surface area contributed by atoms with Gasteiger partial charge < -0.3 is 14.4 Å². The van der Waals surface area contributed by atoms with Gasteiger partial charge in [-0.15, -0.1) is 0 Å². The maximum absolute atomic E-state index is 5.98. The van der Waals surface area contributed by atoms with Crippen molar-refractivity contribution in [1.29, 1.82) is 0 Å². The molecule has 0 bridgehead atoms. The van der Waals surface area contributed by atoms with Crippen molar-refractivity contribution in [1.82, 2.24) is 9.80 Å². The summed E-state index contributed by atoms with van der Waals surface area (Å²) in [5.74, 6) is 1.70. The lowest BCUT2D eigenvalue weighted by molar-refractivity contribution is 0.212. The molecule has 1 aliphatic carbocycles. The second-order valence-electron chi connectivity index (χ2n) is 6.47. The fourth-order valence-electron chi connectivity index (χ4n) is 2.99. The quantitative estimate of drug-likeness (QED) is 0.720. The molecule has 2 atom stereocenters. The first-order valence-electron chi connectivity index (χ1n) is 7.87. The average Bonchev–Trinajstić information content (AvgIpc) is 3.13. The minimum absolute atomic E-state index is 0.612. The number of hydrogen-bond donors (Lipinski definition) is 0. The molecule has 2 unspecified atom stereocenters. The van der Waals surface area contributed by atoms with E-state index < -0.39 is 0 Å². The van der Waals surface area contributed by atoms with Gasteiger partial charge in [0.15, 0.2) is 11.5 Å². The smallest absolute Gasteiger partial charge is 0.161 e. The first kappa shape index (κ1) is 14.7. The van der Waals surface area contributed by atoms with Crippen molar-refractivity contribution in [3.63, 3.8) is 0 Å². The molecule has 21 heavy (non-hydrogen) atoms. The van der Waals surface area contributed by atoms with E-state index in [1.807, 2.05) is 6.07 Å². The van der Waals surface area contributed by atoms with Gasteiger partial charge in [-0.25, -0.2) is 0 Å². The summed E-state index contributed by atoms with van der Waals surface area (Å²) in [4.78, 5) is 4.71. The Morgan fingerprint density at radius 3 is 2.67 bits per heavy atom. The Labute approximate surface area is 127 Å². The topological polar surface area (TPSA) is 24.7 Å². The van der Waals surface area contributed by atoms with Crippen LogP contribution >= 0.6 is 0 Å². The van der Waals surface area contributed by atoms with Crippen LogP contribution in [0.2, 0.25) is 0 Å². The van der Waals surface area contributed by atoms with Gasteiger partial charge in [-0.3, -0.25) is 4.90 Å². The molecule has 4 heteroatoms. The molecule has 4 nitrogen and oxygen atoms in total. The molecule has 2 fully saturated rings. The van der Waals surface area contributed by atoms with Crippen LogP contribution in [0.5, 0.6) is 11.5 Å². The number of benzene rings is 1. The van der Waals surface area contributed by atoms with Crippen LogP contribution < -0.4 is 9.47 Å². The highest BCUT2D eigenvalue weighted by Crippen LogP contribution is 2.35. The zero-order valence-electron chi connectivity index (χ0n) is 13.3. The van der Waals surface area contributed by atoms with E-state index in [1.54, 1.807) is 7.11 Å². The lowest BCUT2D eigenvalue weighted by Gasteiger charge is -2.27. The van der Waals surface area contributed by atoms with Gasteiger partial charge in [-0.05, 0) is 44.6 Å². The average molecular weight is 290 g/mol. The van der Waals surface area contributed by atoms with Crippen molar-refractivity contribution in [2.24, 2.45) is 0 Å². The van der Waals surface area contributed by atoms with Crippen molar-refractivity contribution in [3.05, 3.63) is 23.8 Å². The Bertz CT molecular complexity index is 486. The molecule has 0 spiro atoms. The van der Waals surface area contributed by atoms with Gasteiger partial charge >= 0.3 is 0 Å². The molecule has 1 aromatic rings. The summed E-state index contributed by atoms with van der Waals surface area (Å²) in [6.07, 6.45) is 4.15. The number of hydrogen-bond acceptors (Lipinski definition) is 4. The monoisotopic (exact) mass is 290 g/mol. The van der Waals surface area contributed by atoms with Gasteiger partial charge in [0.1, 0.15) is 6.61 Å². The summed E-state index contributed by atoms with van der Waals surface area (Å²) in [5.41, 5.74) is 1.24. The lowest BCUT2D eigenvalue weighted by Crippen LogP contribution is -2.29. The van der Waals surface area contributed by atoms with Crippen molar-refractivity contribution in [2.45, 2.75) is 37.9 Å². The summed E-state index contributed by atoms with van der Waals surface area (Å²) in [5, 5.41) is 0. The second kappa shape index (κ2) is 6.24. The first-order valence-corrected chi connectivity index (χ1v) is 7.87. The third-order valence-electron chi connectivity index (χ3n) is 4.46. The SMILES string of the molecule is COc1cc(CN(C)C)ccc1OCC1CN1C1CCC1. The fraction of sp³-hybridized carbons (Fsp3) is 0.647. The Hall–Kier alpha value is -1.26. The molecule has 1 saturated heterocycles. The molecule has 0 aromatic heterocycles. The van der Waals surface area contributed by atoms with E-state index in [2.05, 4.69) is 36.0 Å². The molecule has 3 rings (SSSR count).